The van der Waals surface area contributed by atoms with Crippen LogP contribution in [0, 0.1) is 0 Å². The highest BCUT2D eigenvalue weighted by Crippen LogP contribution is 2.13. The summed E-state index contributed by atoms with van der Waals surface area (Å²) in [5, 5.41) is 17.9. The van der Waals surface area contributed by atoms with Gasteiger partial charge in [0.25, 0.3) is 0 Å². The third-order valence-electron chi connectivity index (χ3n) is 4.81. The summed E-state index contributed by atoms with van der Waals surface area (Å²) >= 11 is 0. The van der Waals surface area contributed by atoms with Gasteiger partial charge in [0.15, 0.2) is 0 Å². The Labute approximate surface area is 159 Å². The Balaban J connectivity index is 3.11. The molecule has 2 unspecified atom stereocenters. The van der Waals surface area contributed by atoms with Crippen LogP contribution in [-0.4, -0.2) is 38.6 Å². The lowest BCUT2D eigenvalue weighted by Gasteiger charge is -2.06. The van der Waals surface area contributed by atoms with Crippen molar-refractivity contribution >= 4 is 10.8 Å². The van der Waals surface area contributed by atoms with Crippen molar-refractivity contribution in [1.82, 2.24) is 0 Å². The van der Waals surface area contributed by atoms with Crippen LogP contribution in [-0.2, 0) is 10.8 Å². The number of hydrogen-bond donors (Lipinski definition) is 2. The van der Waals surface area contributed by atoms with Crippen molar-refractivity contribution in [2.24, 2.45) is 0 Å². The molecule has 0 spiro atoms. The van der Waals surface area contributed by atoms with Gasteiger partial charge < -0.3 is 10.2 Å². The second-order valence-corrected chi connectivity index (χ2v) is 9.07. The highest BCUT2D eigenvalue weighted by molar-refractivity contribution is 7.85. The van der Waals surface area contributed by atoms with Crippen LogP contribution in [0.1, 0.15) is 110 Å². The molecule has 2 N–H and O–H groups in total. The molecule has 0 aromatic heterocycles. The van der Waals surface area contributed by atoms with Crippen LogP contribution in [0.3, 0.4) is 0 Å². The van der Waals surface area contributed by atoms with Gasteiger partial charge in [-0.2, -0.15) is 0 Å². The first-order chi connectivity index (χ1) is 12.2. The number of aliphatic hydroxyl groups excluding tert-OH is 2. The third kappa shape index (κ3) is 20.2. The lowest BCUT2D eigenvalue weighted by Crippen LogP contribution is -2.21. The maximum atomic E-state index is 11.6. The van der Waals surface area contributed by atoms with E-state index in [1.807, 2.05) is 0 Å². The molecule has 4 heteroatoms. The van der Waals surface area contributed by atoms with Crippen LogP contribution in [0.25, 0.3) is 0 Å². The molecule has 0 rings (SSSR count). The van der Waals surface area contributed by atoms with Gasteiger partial charge in [-0.05, 0) is 6.42 Å². The number of rotatable bonds is 20. The van der Waals surface area contributed by atoms with Gasteiger partial charge >= 0.3 is 0 Å². The van der Waals surface area contributed by atoms with Gasteiger partial charge in [-0.3, -0.25) is 4.21 Å². The predicted molar refractivity (Wildman–Crippen MR) is 111 cm³/mol. The highest BCUT2D eigenvalue weighted by Gasteiger charge is 2.07. The molecule has 0 heterocycles. The Hall–Kier alpha value is 0.0700. The van der Waals surface area contributed by atoms with E-state index in [4.69, 9.17) is 5.11 Å². The molecule has 2 atom stereocenters. The number of unbranched alkanes of at least 4 members (excludes halogenated alkanes) is 15. The van der Waals surface area contributed by atoms with Gasteiger partial charge in [-0.25, -0.2) is 0 Å². The number of hydrogen-bond acceptors (Lipinski definition) is 3. The smallest absolute Gasteiger partial charge is 0.0885 e. The molecule has 152 valence electrons. The predicted octanol–water partition coefficient (Wildman–Crippen LogP) is 5.35. The molecular weight excluding hydrogens is 332 g/mol. The van der Waals surface area contributed by atoms with E-state index in [9.17, 15) is 9.32 Å². The van der Waals surface area contributed by atoms with Crippen molar-refractivity contribution in [2.45, 2.75) is 116 Å². The van der Waals surface area contributed by atoms with Gasteiger partial charge in [0.05, 0.1) is 18.5 Å². The third-order valence-corrected chi connectivity index (χ3v) is 6.32. The Kier molecular flexibility index (Phi) is 20.4. The summed E-state index contributed by atoms with van der Waals surface area (Å²) in [6, 6.07) is 0. The first kappa shape index (κ1) is 25.1. The molecule has 0 saturated heterocycles. The Morgan fingerprint density at radius 2 is 1.04 bits per heavy atom. The molecule has 0 fully saturated rings. The van der Waals surface area contributed by atoms with E-state index in [1.165, 1.54) is 89.9 Å². The summed E-state index contributed by atoms with van der Waals surface area (Å²) in [6.07, 6.45) is 20.6. The Morgan fingerprint density at radius 1 is 0.680 bits per heavy atom. The Bertz CT molecular complexity index is 284. The van der Waals surface area contributed by atoms with Gasteiger partial charge in [0.1, 0.15) is 0 Å². The quantitative estimate of drug-likeness (QED) is 0.282. The minimum absolute atomic E-state index is 0.218. The van der Waals surface area contributed by atoms with E-state index in [0.717, 1.165) is 12.8 Å². The summed E-state index contributed by atoms with van der Waals surface area (Å²) in [7, 11) is -0.977. The van der Waals surface area contributed by atoms with Gasteiger partial charge in [-0.1, -0.05) is 103 Å². The van der Waals surface area contributed by atoms with Gasteiger partial charge in [0, 0.05) is 16.6 Å². The van der Waals surface area contributed by atoms with Crippen LogP contribution < -0.4 is 0 Å². The van der Waals surface area contributed by atoms with Crippen molar-refractivity contribution in [1.29, 1.82) is 0 Å². The summed E-state index contributed by atoms with van der Waals surface area (Å²) in [4.78, 5) is 0. The van der Waals surface area contributed by atoms with E-state index in [1.54, 1.807) is 0 Å². The van der Waals surface area contributed by atoms with Crippen molar-refractivity contribution in [3.05, 3.63) is 0 Å². The fourth-order valence-corrected chi connectivity index (χ4v) is 4.39. The normalized spacial score (nSPS) is 13.9. The van der Waals surface area contributed by atoms with Crippen LogP contribution in [0.15, 0.2) is 0 Å². The molecular formula is C21H44O3S. The molecule has 0 aromatic rings. The van der Waals surface area contributed by atoms with Crippen molar-refractivity contribution in [3.8, 4) is 0 Å². The van der Waals surface area contributed by atoms with Gasteiger partial charge in [-0.15, -0.1) is 0 Å². The standard InChI is InChI=1S/C21H44O3S/c1-2-3-4-5-6-7-8-9-10-11-12-13-14-15-16-17-18-25(24)20-21(23)19-22/h21-23H,2-20H2,1H3. The lowest BCUT2D eigenvalue weighted by molar-refractivity contribution is 0.113. The molecule has 0 aromatic carbocycles. The van der Waals surface area contributed by atoms with Crippen LogP contribution in [0.4, 0.5) is 0 Å². The molecule has 0 bridgehead atoms. The van der Waals surface area contributed by atoms with E-state index in [0.29, 0.717) is 5.75 Å². The first-order valence-corrected chi connectivity index (χ1v) is 12.3. The minimum Gasteiger partial charge on any atom is -0.394 e. The van der Waals surface area contributed by atoms with Crippen molar-refractivity contribution < 1.29 is 14.4 Å². The zero-order valence-corrected chi connectivity index (χ0v) is 17.5. The van der Waals surface area contributed by atoms with Crippen LogP contribution in [0.2, 0.25) is 0 Å². The van der Waals surface area contributed by atoms with E-state index >= 15 is 0 Å². The average Bonchev–Trinajstić information content (AvgIpc) is 2.61. The van der Waals surface area contributed by atoms with Gasteiger partial charge in [0.2, 0.25) is 0 Å². The second kappa shape index (κ2) is 20.4. The zero-order valence-electron chi connectivity index (χ0n) is 16.7. The monoisotopic (exact) mass is 376 g/mol. The SMILES string of the molecule is CCCCCCCCCCCCCCCCCCS(=O)CC(O)CO. The average molecular weight is 377 g/mol. The molecule has 25 heavy (non-hydrogen) atoms. The number of aliphatic hydroxyl groups is 2. The first-order valence-electron chi connectivity index (χ1n) is 10.8. The summed E-state index contributed by atoms with van der Waals surface area (Å²) in [5.41, 5.74) is 0. The molecule has 0 radical (unpaired) electrons. The van der Waals surface area contributed by atoms with E-state index in [2.05, 4.69) is 6.92 Å². The lowest BCUT2D eigenvalue weighted by atomic mass is 10.0. The zero-order chi connectivity index (χ0) is 18.6. The molecule has 0 saturated carbocycles. The fraction of sp³-hybridized carbons (Fsp3) is 1.00. The van der Waals surface area contributed by atoms with Crippen LogP contribution in [0.5, 0.6) is 0 Å². The minimum atomic E-state index is -0.977. The molecule has 3 nitrogen and oxygen atoms in total. The fourth-order valence-electron chi connectivity index (χ4n) is 3.16. The van der Waals surface area contributed by atoms with E-state index < -0.39 is 16.9 Å². The maximum Gasteiger partial charge on any atom is 0.0885 e. The van der Waals surface area contributed by atoms with Crippen molar-refractivity contribution in [2.75, 3.05) is 18.1 Å². The molecule has 0 aliphatic carbocycles. The van der Waals surface area contributed by atoms with Crippen molar-refractivity contribution in [3.63, 3.8) is 0 Å². The highest BCUT2D eigenvalue weighted by atomic mass is 32.2. The summed E-state index contributed by atoms with van der Waals surface area (Å²) < 4.78 is 11.6. The molecule has 0 aliphatic rings. The second-order valence-electron chi connectivity index (χ2n) is 7.45. The largest absolute Gasteiger partial charge is 0.394 e. The maximum absolute atomic E-state index is 11.6. The summed E-state index contributed by atoms with van der Waals surface area (Å²) in [6.45, 7) is 1.99. The molecule has 0 aliphatic heterocycles. The Morgan fingerprint density at radius 3 is 1.40 bits per heavy atom. The molecule has 0 amide bonds. The summed E-state index contributed by atoms with van der Waals surface area (Å²) in [5.74, 6) is 0.880. The van der Waals surface area contributed by atoms with E-state index in [-0.39, 0.29) is 12.4 Å². The van der Waals surface area contributed by atoms with Crippen LogP contribution >= 0.6 is 0 Å². The topological polar surface area (TPSA) is 57.5 Å².